The van der Waals surface area contributed by atoms with E-state index in [9.17, 15) is 8.42 Å². The first-order valence-electron chi connectivity index (χ1n) is 5.55. The molecule has 1 unspecified atom stereocenters. The fourth-order valence-electron chi connectivity index (χ4n) is 1.56. The van der Waals surface area contributed by atoms with Gasteiger partial charge in [0.25, 0.3) is 0 Å². The molecular formula is C10H22N2O2S2. The number of nitrogens with zero attached hydrogens (tertiary/aromatic N) is 1. The molecule has 0 saturated carbocycles. The molecule has 0 radical (unpaired) electrons. The molecule has 0 aromatic heterocycles. The van der Waals surface area contributed by atoms with Gasteiger partial charge in [0.15, 0.2) is 0 Å². The van der Waals surface area contributed by atoms with Crippen LogP contribution >= 0.6 is 12.2 Å². The number of hydrogen-bond donors (Lipinski definition) is 1. The van der Waals surface area contributed by atoms with E-state index in [0.717, 1.165) is 0 Å². The summed E-state index contributed by atoms with van der Waals surface area (Å²) < 4.78 is 25.9. The van der Waals surface area contributed by atoms with E-state index in [1.54, 1.807) is 6.92 Å². The highest BCUT2D eigenvalue weighted by atomic mass is 32.2. The van der Waals surface area contributed by atoms with Gasteiger partial charge in [-0.1, -0.05) is 39.9 Å². The van der Waals surface area contributed by atoms with Gasteiger partial charge in [0.05, 0.1) is 4.99 Å². The highest BCUT2D eigenvalue weighted by molar-refractivity contribution is 7.92. The first-order chi connectivity index (χ1) is 7.27. The van der Waals surface area contributed by atoms with Crippen LogP contribution in [0.1, 0.15) is 34.1 Å². The molecular weight excluding hydrogens is 244 g/mol. The third-order valence-corrected chi connectivity index (χ3v) is 5.20. The summed E-state index contributed by atoms with van der Waals surface area (Å²) >= 11 is 4.82. The summed E-state index contributed by atoms with van der Waals surface area (Å²) in [6.45, 7) is 8.55. The SMILES string of the molecule is CCC(C(N)=S)S(=O)(=O)N(CC)CC(C)C. The Kier molecular flexibility index (Phi) is 6.43. The van der Waals surface area contributed by atoms with Crippen LogP contribution in [0.15, 0.2) is 0 Å². The summed E-state index contributed by atoms with van der Waals surface area (Å²) in [5.74, 6) is 0.290. The Labute approximate surface area is 104 Å². The maximum Gasteiger partial charge on any atom is 0.223 e. The summed E-state index contributed by atoms with van der Waals surface area (Å²) in [4.78, 5) is 0.0599. The van der Waals surface area contributed by atoms with Gasteiger partial charge < -0.3 is 5.73 Å². The van der Waals surface area contributed by atoms with Crippen LogP contribution in [0.3, 0.4) is 0 Å². The Morgan fingerprint density at radius 1 is 1.38 bits per heavy atom. The standard InChI is InChI=1S/C10H22N2O2S2/c1-5-9(10(11)15)16(13,14)12(6-2)7-8(3)4/h8-9H,5-7H2,1-4H3,(H2,11,15). The third kappa shape index (κ3) is 3.99. The summed E-state index contributed by atoms with van der Waals surface area (Å²) in [7, 11) is -3.39. The highest BCUT2D eigenvalue weighted by Gasteiger charge is 2.32. The summed E-state index contributed by atoms with van der Waals surface area (Å²) in [6.07, 6.45) is 0.423. The molecule has 0 amide bonds. The molecule has 0 bridgehead atoms. The molecule has 0 heterocycles. The molecule has 0 aromatic rings. The van der Waals surface area contributed by atoms with Crippen molar-refractivity contribution in [2.24, 2.45) is 11.7 Å². The van der Waals surface area contributed by atoms with E-state index in [0.29, 0.717) is 25.4 Å². The van der Waals surface area contributed by atoms with Gasteiger partial charge in [-0.25, -0.2) is 12.7 Å². The molecule has 0 spiro atoms. The monoisotopic (exact) mass is 266 g/mol. The molecule has 16 heavy (non-hydrogen) atoms. The lowest BCUT2D eigenvalue weighted by Crippen LogP contribution is -2.45. The topological polar surface area (TPSA) is 63.4 Å². The number of rotatable bonds is 7. The molecule has 2 N–H and O–H groups in total. The average Bonchev–Trinajstić information content (AvgIpc) is 2.13. The quantitative estimate of drug-likeness (QED) is 0.707. The van der Waals surface area contributed by atoms with Gasteiger partial charge in [0.1, 0.15) is 5.25 Å². The Morgan fingerprint density at radius 3 is 2.12 bits per heavy atom. The van der Waals surface area contributed by atoms with Gasteiger partial charge >= 0.3 is 0 Å². The molecule has 0 saturated heterocycles. The zero-order valence-corrected chi connectivity index (χ0v) is 12.1. The predicted octanol–water partition coefficient (Wildman–Crippen LogP) is 1.36. The Hall–Kier alpha value is -0.200. The van der Waals surface area contributed by atoms with Crippen molar-refractivity contribution in [3.05, 3.63) is 0 Å². The fourth-order valence-corrected chi connectivity index (χ4v) is 4.03. The molecule has 96 valence electrons. The zero-order chi connectivity index (χ0) is 12.9. The smallest absolute Gasteiger partial charge is 0.223 e. The minimum absolute atomic E-state index is 0.0599. The molecule has 0 aliphatic carbocycles. The molecule has 0 aromatic carbocycles. The van der Waals surface area contributed by atoms with E-state index in [-0.39, 0.29) is 4.99 Å². The first-order valence-corrected chi connectivity index (χ1v) is 7.46. The lowest BCUT2D eigenvalue weighted by Gasteiger charge is -2.26. The molecule has 0 aliphatic rings. The van der Waals surface area contributed by atoms with Crippen molar-refractivity contribution >= 4 is 27.2 Å². The van der Waals surface area contributed by atoms with E-state index < -0.39 is 15.3 Å². The van der Waals surface area contributed by atoms with Gasteiger partial charge in [0.2, 0.25) is 10.0 Å². The third-order valence-electron chi connectivity index (χ3n) is 2.33. The van der Waals surface area contributed by atoms with Crippen molar-refractivity contribution in [3.63, 3.8) is 0 Å². The van der Waals surface area contributed by atoms with Gasteiger partial charge in [-0.05, 0) is 12.3 Å². The second kappa shape index (κ2) is 6.51. The number of nitrogens with two attached hydrogens (primary N) is 1. The van der Waals surface area contributed by atoms with Crippen molar-refractivity contribution in [2.45, 2.75) is 39.4 Å². The van der Waals surface area contributed by atoms with Gasteiger partial charge in [-0.3, -0.25) is 0 Å². The van der Waals surface area contributed by atoms with Gasteiger partial charge in [0, 0.05) is 13.1 Å². The molecule has 0 rings (SSSR count). The maximum absolute atomic E-state index is 12.2. The Morgan fingerprint density at radius 2 is 1.88 bits per heavy atom. The molecule has 0 fully saturated rings. The minimum Gasteiger partial charge on any atom is -0.392 e. The van der Waals surface area contributed by atoms with Crippen LogP contribution in [0, 0.1) is 5.92 Å². The van der Waals surface area contributed by atoms with Crippen LogP contribution in [-0.4, -0.2) is 36.1 Å². The largest absolute Gasteiger partial charge is 0.392 e. The van der Waals surface area contributed by atoms with E-state index in [1.807, 2.05) is 20.8 Å². The summed E-state index contributed by atoms with van der Waals surface area (Å²) in [5.41, 5.74) is 5.48. The van der Waals surface area contributed by atoms with E-state index >= 15 is 0 Å². The van der Waals surface area contributed by atoms with Crippen molar-refractivity contribution in [1.82, 2.24) is 4.31 Å². The number of thiocarbonyl (C=S) groups is 1. The van der Waals surface area contributed by atoms with Crippen molar-refractivity contribution in [1.29, 1.82) is 0 Å². The van der Waals surface area contributed by atoms with E-state index in [4.69, 9.17) is 18.0 Å². The van der Waals surface area contributed by atoms with Gasteiger partial charge in [-0.15, -0.1) is 0 Å². The second-order valence-electron chi connectivity index (χ2n) is 4.19. The van der Waals surface area contributed by atoms with Crippen LogP contribution < -0.4 is 5.73 Å². The average molecular weight is 266 g/mol. The maximum atomic E-state index is 12.2. The second-order valence-corrected chi connectivity index (χ2v) is 6.78. The highest BCUT2D eigenvalue weighted by Crippen LogP contribution is 2.14. The molecule has 4 nitrogen and oxygen atoms in total. The molecule has 6 heteroatoms. The lowest BCUT2D eigenvalue weighted by atomic mass is 10.2. The van der Waals surface area contributed by atoms with Crippen molar-refractivity contribution in [3.8, 4) is 0 Å². The Balaban J connectivity index is 5.05. The van der Waals surface area contributed by atoms with Crippen LogP contribution in [0.25, 0.3) is 0 Å². The first kappa shape index (κ1) is 15.8. The van der Waals surface area contributed by atoms with Crippen molar-refractivity contribution < 1.29 is 8.42 Å². The predicted molar refractivity (Wildman–Crippen MR) is 71.9 cm³/mol. The normalized spacial score (nSPS) is 14.4. The molecule has 0 aliphatic heterocycles. The molecule has 1 atom stereocenters. The number of hydrogen-bond acceptors (Lipinski definition) is 3. The van der Waals surface area contributed by atoms with Crippen molar-refractivity contribution in [2.75, 3.05) is 13.1 Å². The number of sulfonamides is 1. The van der Waals surface area contributed by atoms with Gasteiger partial charge in [-0.2, -0.15) is 0 Å². The van der Waals surface area contributed by atoms with E-state index in [1.165, 1.54) is 4.31 Å². The van der Waals surface area contributed by atoms with Crippen LogP contribution in [0.5, 0.6) is 0 Å². The summed E-state index contributed by atoms with van der Waals surface area (Å²) in [6, 6.07) is 0. The van der Waals surface area contributed by atoms with Crippen LogP contribution in [-0.2, 0) is 10.0 Å². The Bertz CT molecular complexity index is 326. The summed E-state index contributed by atoms with van der Waals surface area (Å²) in [5, 5.41) is -0.735. The fraction of sp³-hybridized carbons (Fsp3) is 0.900. The van der Waals surface area contributed by atoms with Crippen LogP contribution in [0.2, 0.25) is 0 Å². The van der Waals surface area contributed by atoms with Crippen LogP contribution in [0.4, 0.5) is 0 Å². The zero-order valence-electron chi connectivity index (χ0n) is 10.4. The minimum atomic E-state index is -3.39. The lowest BCUT2D eigenvalue weighted by molar-refractivity contribution is 0.378. The van der Waals surface area contributed by atoms with E-state index in [2.05, 4.69) is 0 Å².